The van der Waals surface area contributed by atoms with Crippen molar-refractivity contribution in [2.75, 3.05) is 7.05 Å². The number of hydrogen-bond donors (Lipinski definition) is 0. The highest BCUT2D eigenvalue weighted by Gasteiger charge is 2.23. The van der Waals surface area contributed by atoms with E-state index in [9.17, 15) is 8.42 Å². The molecule has 0 unspecified atom stereocenters. The maximum absolute atomic E-state index is 12.3. The summed E-state index contributed by atoms with van der Waals surface area (Å²) in [7, 11) is -0.107. The monoisotopic (exact) mass is 319 g/mol. The van der Waals surface area contributed by atoms with Gasteiger partial charge in [-0.15, -0.1) is 22.9 Å². The van der Waals surface area contributed by atoms with Crippen molar-refractivity contribution >= 4 is 33.0 Å². The van der Waals surface area contributed by atoms with Crippen LogP contribution >= 0.6 is 22.9 Å². The molecule has 0 atom stereocenters. The van der Waals surface area contributed by atoms with Gasteiger partial charge in [-0.2, -0.15) is 9.40 Å². The molecule has 0 aliphatic rings. The van der Waals surface area contributed by atoms with E-state index < -0.39 is 10.0 Å². The zero-order valence-electron chi connectivity index (χ0n) is 10.6. The molecule has 2 aromatic rings. The van der Waals surface area contributed by atoms with Crippen molar-refractivity contribution in [2.45, 2.75) is 16.6 Å². The highest BCUT2D eigenvalue weighted by molar-refractivity contribution is 7.91. The lowest BCUT2D eigenvalue weighted by atomic mass is 10.4. The minimum absolute atomic E-state index is 0.296. The second-order valence-electron chi connectivity index (χ2n) is 4.19. The number of rotatable bonds is 5. The summed E-state index contributed by atoms with van der Waals surface area (Å²) in [5.74, 6) is 0.318. The Morgan fingerprint density at radius 1 is 1.47 bits per heavy atom. The van der Waals surface area contributed by atoms with Crippen molar-refractivity contribution < 1.29 is 8.42 Å². The third-order valence-corrected chi connectivity index (χ3v) is 6.19. The van der Waals surface area contributed by atoms with Gasteiger partial charge in [0.2, 0.25) is 0 Å². The summed E-state index contributed by atoms with van der Waals surface area (Å²) < 4.78 is 28.0. The lowest BCUT2D eigenvalue weighted by Crippen LogP contribution is -2.25. The van der Waals surface area contributed by atoms with Gasteiger partial charge in [0, 0.05) is 38.3 Å². The van der Waals surface area contributed by atoms with E-state index in [1.54, 1.807) is 42.6 Å². The Kier molecular flexibility index (Phi) is 4.29. The minimum atomic E-state index is -3.46. The lowest BCUT2D eigenvalue weighted by molar-refractivity contribution is 0.468. The van der Waals surface area contributed by atoms with Gasteiger partial charge in [0.05, 0.1) is 6.20 Å². The van der Waals surface area contributed by atoms with Crippen LogP contribution in [-0.4, -0.2) is 29.6 Å². The number of nitrogens with zero attached hydrogens (tertiary/aromatic N) is 3. The molecule has 0 aromatic carbocycles. The Morgan fingerprint density at radius 3 is 2.74 bits per heavy atom. The van der Waals surface area contributed by atoms with Crippen molar-refractivity contribution in [1.82, 2.24) is 14.1 Å². The fraction of sp³-hybridized carbons (Fsp3) is 0.364. The van der Waals surface area contributed by atoms with E-state index in [4.69, 9.17) is 11.6 Å². The fourth-order valence-corrected chi connectivity index (χ4v) is 4.43. The fourth-order valence-electron chi connectivity index (χ4n) is 1.61. The molecule has 2 aromatic heterocycles. The molecular weight excluding hydrogens is 306 g/mol. The Hall–Kier alpha value is -0.890. The van der Waals surface area contributed by atoms with E-state index in [-0.39, 0.29) is 0 Å². The van der Waals surface area contributed by atoms with Gasteiger partial charge in [0.1, 0.15) is 4.21 Å². The largest absolute Gasteiger partial charge is 0.275 e. The average Bonchev–Trinajstić information content (AvgIpc) is 2.98. The summed E-state index contributed by atoms with van der Waals surface area (Å²) in [6.07, 6.45) is 3.45. The Balaban J connectivity index is 2.19. The van der Waals surface area contributed by atoms with Crippen LogP contribution in [0.3, 0.4) is 0 Å². The number of aromatic nitrogens is 2. The molecule has 0 aliphatic carbocycles. The van der Waals surface area contributed by atoms with Crippen LogP contribution in [0.25, 0.3) is 0 Å². The Bertz CT molecular complexity index is 663. The normalized spacial score (nSPS) is 12.2. The van der Waals surface area contributed by atoms with Crippen molar-refractivity contribution in [1.29, 1.82) is 0 Å². The molecular formula is C11H14ClN3O2S2. The molecule has 0 saturated heterocycles. The van der Waals surface area contributed by atoms with E-state index in [1.165, 1.54) is 15.6 Å². The van der Waals surface area contributed by atoms with Crippen LogP contribution in [0.4, 0.5) is 0 Å². The third kappa shape index (κ3) is 3.17. The molecule has 0 aliphatic heterocycles. The van der Waals surface area contributed by atoms with E-state index in [2.05, 4.69) is 5.10 Å². The van der Waals surface area contributed by atoms with Gasteiger partial charge in [0.25, 0.3) is 10.0 Å². The number of halogens is 1. The van der Waals surface area contributed by atoms with Crippen LogP contribution < -0.4 is 0 Å². The van der Waals surface area contributed by atoms with Crippen molar-refractivity contribution in [2.24, 2.45) is 7.05 Å². The minimum Gasteiger partial charge on any atom is -0.275 e. The number of aryl methyl sites for hydroxylation is 1. The van der Waals surface area contributed by atoms with E-state index in [1.807, 2.05) is 0 Å². The Morgan fingerprint density at radius 2 is 2.21 bits per heavy atom. The summed E-state index contributed by atoms with van der Waals surface area (Å²) in [6, 6.07) is 1.62. The standard InChI is InChI=1S/C11H14ClN3O2S2/c1-14-6-10(5-13-14)7-15(2)19(16,17)11-3-9(4-12)8-18-11/h3,5-6,8H,4,7H2,1-2H3. The summed E-state index contributed by atoms with van der Waals surface area (Å²) in [5.41, 5.74) is 1.67. The Labute approximate surface area is 121 Å². The van der Waals surface area contributed by atoms with Crippen molar-refractivity contribution in [3.8, 4) is 0 Å². The van der Waals surface area contributed by atoms with Gasteiger partial charge in [-0.1, -0.05) is 0 Å². The molecule has 5 nitrogen and oxygen atoms in total. The maximum atomic E-state index is 12.3. The molecule has 0 amide bonds. The summed E-state index contributed by atoms with van der Waals surface area (Å²) in [6.45, 7) is 0.296. The van der Waals surface area contributed by atoms with E-state index in [0.29, 0.717) is 16.6 Å². The van der Waals surface area contributed by atoms with E-state index in [0.717, 1.165) is 11.1 Å². The number of alkyl halides is 1. The molecule has 2 heterocycles. The quantitative estimate of drug-likeness (QED) is 0.792. The first kappa shape index (κ1) is 14.5. The summed E-state index contributed by atoms with van der Waals surface area (Å²) in [5, 5.41) is 5.78. The number of sulfonamides is 1. The smallest absolute Gasteiger partial charge is 0.252 e. The van der Waals surface area contributed by atoms with Crippen LogP contribution in [0.1, 0.15) is 11.1 Å². The van der Waals surface area contributed by atoms with E-state index >= 15 is 0 Å². The van der Waals surface area contributed by atoms with Gasteiger partial charge in [-0.25, -0.2) is 8.42 Å². The molecule has 104 valence electrons. The SMILES string of the molecule is CN(Cc1cnn(C)c1)S(=O)(=O)c1cc(CCl)cs1. The molecule has 0 bridgehead atoms. The first-order valence-electron chi connectivity index (χ1n) is 5.50. The van der Waals surface area contributed by atoms with Crippen molar-refractivity contribution in [3.05, 3.63) is 35.0 Å². The first-order valence-corrected chi connectivity index (χ1v) is 8.36. The average molecular weight is 320 g/mol. The van der Waals surface area contributed by atoms with Crippen molar-refractivity contribution in [3.63, 3.8) is 0 Å². The van der Waals surface area contributed by atoms with Gasteiger partial charge >= 0.3 is 0 Å². The third-order valence-electron chi connectivity index (χ3n) is 2.61. The van der Waals surface area contributed by atoms with Crippen LogP contribution in [0.5, 0.6) is 0 Å². The molecule has 2 rings (SSSR count). The number of thiophene rings is 1. The van der Waals surface area contributed by atoms with Crippen LogP contribution in [0.2, 0.25) is 0 Å². The molecule has 0 spiro atoms. The van der Waals surface area contributed by atoms with Gasteiger partial charge in [-0.05, 0) is 17.0 Å². The zero-order valence-corrected chi connectivity index (χ0v) is 13.0. The number of hydrogen-bond acceptors (Lipinski definition) is 4. The molecule has 0 N–H and O–H groups in total. The lowest BCUT2D eigenvalue weighted by Gasteiger charge is -2.14. The highest BCUT2D eigenvalue weighted by atomic mass is 35.5. The summed E-state index contributed by atoms with van der Waals surface area (Å²) >= 11 is 6.88. The topological polar surface area (TPSA) is 55.2 Å². The van der Waals surface area contributed by atoms with Crippen LogP contribution in [0.15, 0.2) is 28.0 Å². The predicted octanol–water partition coefficient (Wildman–Crippen LogP) is 2.04. The maximum Gasteiger partial charge on any atom is 0.252 e. The molecule has 0 fully saturated rings. The zero-order chi connectivity index (χ0) is 14.0. The van der Waals surface area contributed by atoms with Gasteiger partial charge in [-0.3, -0.25) is 4.68 Å². The van der Waals surface area contributed by atoms with Gasteiger partial charge in [0.15, 0.2) is 0 Å². The van der Waals surface area contributed by atoms with Crippen LogP contribution in [0, 0.1) is 0 Å². The summed E-state index contributed by atoms with van der Waals surface area (Å²) in [4.78, 5) is 0. The predicted molar refractivity (Wildman–Crippen MR) is 75.7 cm³/mol. The van der Waals surface area contributed by atoms with Crippen LogP contribution in [-0.2, 0) is 29.5 Å². The second-order valence-corrected chi connectivity index (χ2v) is 7.64. The molecule has 0 saturated carbocycles. The van der Waals surface area contributed by atoms with Gasteiger partial charge < -0.3 is 0 Å². The highest BCUT2D eigenvalue weighted by Crippen LogP contribution is 2.25. The second kappa shape index (κ2) is 5.62. The molecule has 0 radical (unpaired) electrons. The molecule has 19 heavy (non-hydrogen) atoms. The first-order chi connectivity index (χ1) is 8.93. The molecule has 8 heteroatoms.